The predicted molar refractivity (Wildman–Crippen MR) is 104 cm³/mol. The Morgan fingerprint density at radius 1 is 1.05 bits per heavy atom. The van der Waals surface area contributed by atoms with Gasteiger partial charge < -0.3 is 11.1 Å². The van der Waals surface area contributed by atoms with E-state index in [-0.39, 0.29) is 0 Å². The zero-order chi connectivity index (χ0) is 18.1. The minimum Gasteiger partial charge on any atom is -0.405 e. The highest BCUT2D eigenvalue weighted by Crippen LogP contribution is 1.93. The summed E-state index contributed by atoms with van der Waals surface area (Å²) < 4.78 is 0. The first-order valence-electron chi connectivity index (χ1n) is 7.73. The highest BCUT2D eigenvalue weighted by molar-refractivity contribution is 4.84. The molecule has 0 spiro atoms. The van der Waals surface area contributed by atoms with Crippen molar-refractivity contribution < 1.29 is 0 Å². The van der Waals surface area contributed by atoms with Crippen LogP contribution in [0.3, 0.4) is 0 Å². The van der Waals surface area contributed by atoms with Crippen molar-refractivity contribution in [3.05, 3.63) is 50.5 Å². The summed E-state index contributed by atoms with van der Waals surface area (Å²) in [6.45, 7) is 28.6. The molecule has 0 radical (unpaired) electrons. The summed E-state index contributed by atoms with van der Waals surface area (Å²) in [4.78, 5) is 0. The first kappa shape index (κ1) is 31.8. The molecule has 128 valence electrons. The van der Waals surface area contributed by atoms with Crippen LogP contribution in [-0.2, 0) is 0 Å². The topological polar surface area (TPSA) is 38.0 Å². The Bertz CT molecular complexity index is 188. The van der Waals surface area contributed by atoms with Crippen molar-refractivity contribution in [1.82, 2.24) is 5.32 Å². The van der Waals surface area contributed by atoms with Gasteiger partial charge >= 0.3 is 0 Å². The van der Waals surface area contributed by atoms with Crippen molar-refractivity contribution in [2.45, 2.75) is 67.7 Å². The second-order valence-electron chi connectivity index (χ2n) is 4.63. The molecule has 0 aromatic carbocycles. The van der Waals surface area contributed by atoms with Crippen LogP contribution < -0.4 is 11.1 Å². The average Bonchev–Trinajstić information content (AvgIpc) is 2.42. The molecule has 0 saturated heterocycles. The van der Waals surface area contributed by atoms with Crippen LogP contribution in [-0.4, -0.2) is 0 Å². The van der Waals surface area contributed by atoms with Crippen molar-refractivity contribution in [3.8, 4) is 0 Å². The van der Waals surface area contributed by atoms with E-state index >= 15 is 0 Å². The van der Waals surface area contributed by atoms with Crippen molar-refractivity contribution in [2.24, 2.45) is 11.7 Å². The number of allylic oxidation sites excluding steroid dienone is 1. The largest absolute Gasteiger partial charge is 0.405 e. The van der Waals surface area contributed by atoms with E-state index in [9.17, 15) is 0 Å². The Morgan fingerprint density at radius 2 is 1.24 bits per heavy atom. The zero-order valence-corrected chi connectivity index (χ0v) is 15.8. The standard InChI is InChI=1S/C5H12.C5H10.C4H7N.C3H8.C2H5N/c2*1-4-5(2)3;1-3-5-4-2;1-3-2;1-2-3/h5H,4H2,1-3H3;2,4H2,1,3H3;3-5H,1-2H2;3H2,1-2H3;2H,1,3H2. The molecule has 0 atom stereocenters. The second-order valence-corrected chi connectivity index (χ2v) is 4.63. The minimum absolute atomic E-state index is 0.884. The summed E-state index contributed by atoms with van der Waals surface area (Å²) in [5.74, 6) is 0.884. The van der Waals surface area contributed by atoms with E-state index in [0.717, 1.165) is 12.3 Å². The van der Waals surface area contributed by atoms with Gasteiger partial charge in [0.25, 0.3) is 0 Å². The molecule has 0 fully saturated rings. The lowest BCUT2D eigenvalue weighted by atomic mass is 10.2. The van der Waals surface area contributed by atoms with E-state index in [1.807, 2.05) is 6.92 Å². The molecule has 0 amide bonds. The van der Waals surface area contributed by atoms with Gasteiger partial charge in [0.1, 0.15) is 0 Å². The maximum Gasteiger partial charge on any atom is -0.00679 e. The van der Waals surface area contributed by atoms with Gasteiger partial charge in [-0.2, -0.15) is 0 Å². The Balaban J connectivity index is -0.0000000519. The molecule has 0 saturated carbocycles. The molecule has 0 unspecified atom stereocenters. The summed E-state index contributed by atoms with van der Waals surface area (Å²) in [5, 5.41) is 2.64. The monoisotopic (exact) mass is 298 g/mol. The van der Waals surface area contributed by atoms with Crippen molar-refractivity contribution >= 4 is 0 Å². The van der Waals surface area contributed by atoms with Gasteiger partial charge in [-0.1, -0.05) is 79.7 Å². The molecular weight excluding hydrogens is 256 g/mol. The number of hydrogen-bond acceptors (Lipinski definition) is 2. The van der Waals surface area contributed by atoms with Crippen LogP contribution in [0, 0.1) is 5.92 Å². The van der Waals surface area contributed by atoms with Gasteiger partial charge in [-0.25, -0.2) is 0 Å². The first-order valence-corrected chi connectivity index (χ1v) is 7.73. The fourth-order valence-corrected chi connectivity index (χ4v) is 0.0833. The third-order valence-corrected chi connectivity index (χ3v) is 1.66. The van der Waals surface area contributed by atoms with Crippen LogP contribution in [0.4, 0.5) is 0 Å². The fourth-order valence-electron chi connectivity index (χ4n) is 0.0833. The molecule has 0 bridgehead atoms. The molecule has 0 rings (SSSR count). The Hall–Kier alpha value is -1.44. The molecule has 2 heteroatoms. The lowest BCUT2D eigenvalue weighted by Crippen LogP contribution is -1.85. The van der Waals surface area contributed by atoms with Crippen molar-refractivity contribution in [3.63, 3.8) is 0 Å². The molecule has 21 heavy (non-hydrogen) atoms. The van der Waals surface area contributed by atoms with Crippen LogP contribution in [0.1, 0.15) is 67.7 Å². The predicted octanol–water partition coefficient (Wildman–Crippen LogP) is 6.39. The normalized spacial score (nSPS) is 6.86. The van der Waals surface area contributed by atoms with Crippen LogP contribution in [0.25, 0.3) is 0 Å². The molecule has 0 aromatic rings. The summed E-state index contributed by atoms with van der Waals surface area (Å²) in [6.07, 6.45) is 8.04. The highest BCUT2D eigenvalue weighted by Gasteiger charge is 1.80. The zero-order valence-electron chi connectivity index (χ0n) is 15.8. The average molecular weight is 299 g/mol. The summed E-state index contributed by atoms with van der Waals surface area (Å²) in [5.41, 5.74) is 5.87. The molecule has 2 nitrogen and oxygen atoms in total. The maximum atomic E-state index is 4.61. The molecule has 0 heterocycles. The maximum absolute atomic E-state index is 4.61. The summed E-state index contributed by atoms with van der Waals surface area (Å²) in [6, 6.07) is 0. The van der Waals surface area contributed by atoms with E-state index in [4.69, 9.17) is 0 Å². The van der Waals surface area contributed by atoms with E-state index in [2.05, 4.69) is 78.9 Å². The highest BCUT2D eigenvalue weighted by atomic mass is 14.8. The van der Waals surface area contributed by atoms with E-state index < -0.39 is 0 Å². The smallest absolute Gasteiger partial charge is 0.00679 e. The first-order chi connectivity index (χ1) is 9.78. The number of hydrogen-bond donors (Lipinski definition) is 2. The van der Waals surface area contributed by atoms with Crippen molar-refractivity contribution in [1.29, 1.82) is 0 Å². The number of nitrogens with one attached hydrogen (secondary N) is 1. The SMILES string of the molecule is C=C(C)CC.C=CN.C=CNC=C.CCC.CCC(C)C. The van der Waals surface area contributed by atoms with Gasteiger partial charge in [0, 0.05) is 0 Å². The fraction of sp³-hybridized carbons (Fsp3) is 0.579. The number of nitrogens with two attached hydrogens (primary N) is 1. The lowest BCUT2D eigenvalue weighted by molar-refractivity contribution is 0.626. The second kappa shape index (κ2) is 42.8. The van der Waals surface area contributed by atoms with Gasteiger partial charge in [0.2, 0.25) is 0 Å². The molecular formula is C19H42N2. The van der Waals surface area contributed by atoms with Crippen LogP contribution in [0.5, 0.6) is 0 Å². The quantitative estimate of drug-likeness (QED) is 0.590. The van der Waals surface area contributed by atoms with Gasteiger partial charge in [-0.15, -0.1) is 6.58 Å². The Labute approximate surface area is 135 Å². The number of rotatable bonds is 4. The van der Waals surface area contributed by atoms with Gasteiger partial charge in [0.05, 0.1) is 0 Å². The third kappa shape index (κ3) is 245. The molecule has 0 aliphatic carbocycles. The van der Waals surface area contributed by atoms with Crippen LogP contribution in [0.15, 0.2) is 50.5 Å². The summed E-state index contributed by atoms with van der Waals surface area (Å²) >= 11 is 0. The minimum atomic E-state index is 0.884. The van der Waals surface area contributed by atoms with Crippen molar-refractivity contribution in [2.75, 3.05) is 0 Å². The van der Waals surface area contributed by atoms with Gasteiger partial charge in [-0.05, 0) is 37.9 Å². The Morgan fingerprint density at radius 3 is 1.24 bits per heavy atom. The van der Waals surface area contributed by atoms with Crippen LogP contribution in [0.2, 0.25) is 0 Å². The lowest BCUT2D eigenvalue weighted by Gasteiger charge is -1.90. The molecule has 0 aliphatic rings. The van der Waals surface area contributed by atoms with Gasteiger partial charge in [-0.3, -0.25) is 0 Å². The van der Waals surface area contributed by atoms with E-state index in [1.165, 1.54) is 24.6 Å². The molecule has 0 aliphatic heterocycles. The summed E-state index contributed by atoms with van der Waals surface area (Å²) in [7, 11) is 0. The van der Waals surface area contributed by atoms with E-state index in [0.29, 0.717) is 0 Å². The Kier molecular flexibility index (Phi) is 64.8. The van der Waals surface area contributed by atoms with Gasteiger partial charge in [0.15, 0.2) is 0 Å². The van der Waals surface area contributed by atoms with E-state index in [1.54, 1.807) is 12.4 Å². The molecule has 3 N–H and O–H groups in total. The van der Waals surface area contributed by atoms with Crippen LogP contribution >= 0.6 is 0 Å². The third-order valence-electron chi connectivity index (χ3n) is 1.66. The molecule has 0 aromatic heterocycles.